The summed E-state index contributed by atoms with van der Waals surface area (Å²) in [5, 5.41) is 9.06. The average molecular weight is 224 g/mol. The average Bonchev–Trinajstić information content (AvgIpc) is 2.64. The zero-order valence-corrected chi connectivity index (χ0v) is 8.70. The van der Waals surface area contributed by atoms with Crippen molar-refractivity contribution in [3.05, 3.63) is 29.3 Å². The molecule has 78 valence electrons. The van der Waals surface area contributed by atoms with Gasteiger partial charge < -0.3 is 10.1 Å². The van der Waals surface area contributed by atoms with Crippen LogP contribution in [0.5, 0.6) is 0 Å². The monoisotopic (exact) mass is 223 g/mol. The number of nitrogens with zero attached hydrogens (tertiary/aromatic N) is 2. The summed E-state index contributed by atoms with van der Waals surface area (Å²) >= 11 is 5.89. The normalized spacial score (nSPS) is 11.6. The number of aliphatic hydroxyl groups is 1. The molecule has 0 unspecified atom stereocenters. The van der Waals surface area contributed by atoms with Gasteiger partial charge in [-0.25, -0.2) is 9.97 Å². The molecule has 0 bridgehead atoms. The van der Waals surface area contributed by atoms with Crippen LogP contribution in [0, 0.1) is 0 Å². The summed E-state index contributed by atoms with van der Waals surface area (Å²) in [6.45, 7) is 0.147. The smallest absolute Gasteiger partial charge is 0.156 e. The van der Waals surface area contributed by atoms with Gasteiger partial charge in [0.2, 0.25) is 0 Å². The molecule has 2 rings (SSSR count). The van der Waals surface area contributed by atoms with Crippen molar-refractivity contribution >= 4 is 28.7 Å². The number of fused-ring (bicyclic) bond motifs is 1. The topological polar surface area (TPSA) is 61.8 Å². The van der Waals surface area contributed by atoms with Crippen LogP contribution in [-0.4, -0.2) is 26.7 Å². The van der Waals surface area contributed by atoms with Crippen LogP contribution in [0.15, 0.2) is 18.6 Å². The minimum absolute atomic E-state index is 0.147. The lowest BCUT2D eigenvalue weighted by molar-refractivity contribution is 0.303. The molecule has 0 amide bonds. The van der Waals surface area contributed by atoms with Gasteiger partial charge in [0, 0.05) is 18.4 Å². The van der Waals surface area contributed by atoms with Crippen LogP contribution in [0.2, 0.25) is 5.15 Å². The van der Waals surface area contributed by atoms with Crippen LogP contribution in [0.25, 0.3) is 17.1 Å². The maximum atomic E-state index is 8.65. The highest BCUT2D eigenvalue weighted by molar-refractivity contribution is 6.33. The predicted molar refractivity (Wildman–Crippen MR) is 59.6 cm³/mol. The fraction of sp³-hybridized carbons (Fsp3) is 0.200. The molecule has 0 fully saturated rings. The Kier molecular flexibility index (Phi) is 2.99. The lowest BCUT2D eigenvalue weighted by atomic mass is 10.2. The third-order valence-electron chi connectivity index (χ3n) is 2.04. The highest BCUT2D eigenvalue weighted by atomic mass is 35.5. The van der Waals surface area contributed by atoms with Crippen molar-refractivity contribution in [2.75, 3.05) is 6.61 Å². The lowest BCUT2D eigenvalue weighted by Crippen LogP contribution is -1.81. The second kappa shape index (κ2) is 4.42. The Hall–Kier alpha value is -1.39. The zero-order chi connectivity index (χ0) is 10.7. The molecule has 0 saturated heterocycles. The number of aromatic amines is 1. The molecule has 5 heteroatoms. The minimum atomic E-state index is 0.147. The van der Waals surface area contributed by atoms with Crippen LogP contribution in [0.4, 0.5) is 0 Å². The van der Waals surface area contributed by atoms with E-state index in [1.54, 1.807) is 0 Å². The summed E-state index contributed by atoms with van der Waals surface area (Å²) in [4.78, 5) is 11.0. The van der Waals surface area contributed by atoms with Crippen LogP contribution in [-0.2, 0) is 0 Å². The Bertz CT molecular complexity index is 492. The van der Waals surface area contributed by atoms with Crippen molar-refractivity contribution in [2.24, 2.45) is 0 Å². The third-order valence-corrected chi connectivity index (χ3v) is 2.33. The maximum absolute atomic E-state index is 8.65. The standard InChI is InChI=1S/C10H10ClN3O/c11-10-9-8(13-6-14-10)7(5-12-9)3-1-2-4-15/h1,3,5-6,12,15H,2,4H2. The van der Waals surface area contributed by atoms with Crippen molar-refractivity contribution in [2.45, 2.75) is 6.42 Å². The van der Waals surface area contributed by atoms with E-state index >= 15 is 0 Å². The highest BCUT2D eigenvalue weighted by Gasteiger charge is 2.05. The van der Waals surface area contributed by atoms with Crippen molar-refractivity contribution in [3.63, 3.8) is 0 Å². The van der Waals surface area contributed by atoms with Gasteiger partial charge in [-0.1, -0.05) is 23.8 Å². The van der Waals surface area contributed by atoms with E-state index in [1.807, 2.05) is 18.3 Å². The van der Waals surface area contributed by atoms with Crippen LogP contribution < -0.4 is 0 Å². The Balaban J connectivity index is 2.41. The molecule has 2 heterocycles. The van der Waals surface area contributed by atoms with Gasteiger partial charge >= 0.3 is 0 Å². The van der Waals surface area contributed by atoms with Crippen molar-refractivity contribution in [3.8, 4) is 0 Å². The number of rotatable bonds is 3. The number of halogens is 1. The Morgan fingerprint density at radius 2 is 2.33 bits per heavy atom. The summed E-state index contributed by atoms with van der Waals surface area (Å²) in [5.74, 6) is 0. The second-order valence-electron chi connectivity index (χ2n) is 3.05. The first-order chi connectivity index (χ1) is 7.33. The second-order valence-corrected chi connectivity index (χ2v) is 3.40. The number of nitrogens with one attached hydrogen (secondary N) is 1. The number of hydrogen-bond donors (Lipinski definition) is 2. The van der Waals surface area contributed by atoms with E-state index in [9.17, 15) is 0 Å². The van der Waals surface area contributed by atoms with Gasteiger partial charge in [0.1, 0.15) is 17.4 Å². The largest absolute Gasteiger partial charge is 0.396 e. The first-order valence-electron chi connectivity index (χ1n) is 4.58. The molecular weight excluding hydrogens is 214 g/mol. The summed E-state index contributed by atoms with van der Waals surface area (Å²) < 4.78 is 0. The fourth-order valence-corrected chi connectivity index (χ4v) is 1.53. The highest BCUT2D eigenvalue weighted by Crippen LogP contribution is 2.21. The van der Waals surface area contributed by atoms with E-state index in [1.165, 1.54) is 6.33 Å². The molecule has 0 aliphatic carbocycles. The molecule has 0 radical (unpaired) electrons. The summed E-state index contributed by atoms with van der Waals surface area (Å²) in [5.41, 5.74) is 2.48. The van der Waals surface area contributed by atoms with Crippen molar-refractivity contribution < 1.29 is 5.11 Å². The molecule has 0 spiro atoms. The number of hydrogen-bond acceptors (Lipinski definition) is 3. The molecule has 2 aromatic rings. The van der Waals surface area contributed by atoms with E-state index in [-0.39, 0.29) is 6.61 Å². The summed E-state index contributed by atoms with van der Waals surface area (Å²) in [7, 11) is 0. The van der Waals surface area contributed by atoms with Crippen LogP contribution in [0.3, 0.4) is 0 Å². The molecule has 0 aliphatic heterocycles. The van der Waals surface area contributed by atoms with E-state index in [0.29, 0.717) is 11.6 Å². The van der Waals surface area contributed by atoms with E-state index in [2.05, 4.69) is 15.0 Å². The van der Waals surface area contributed by atoms with Gasteiger partial charge in [0.05, 0.1) is 0 Å². The Labute approximate surface area is 91.6 Å². The first-order valence-corrected chi connectivity index (χ1v) is 4.95. The number of aromatic nitrogens is 3. The number of aliphatic hydroxyl groups excluding tert-OH is 1. The molecular formula is C10H10ClN3O. The van der Waals surface area contributed by atoms with E-state index in [0.717, 1.165) is 16.6 Å². The van der Waals surface area contributed by atoms with Gasteiger partial charge in [-0.3, -0.25) is 0 Å². The van der Waals surface area contributed by atoms with Crippen molar-refractivity contribution in [1.29, 1.82) is 0 Å². The third kappa shape index (κ3) is 2.00. The Morgan fingerprint density at radius 1 is 1.47 bits per heavy atom. The van der Waals surface area contributed by atoms with Gasteiger partial charge in [0.25, 0.3) is 0 Å². The first kappa shape index (κ1) is 10.1. The quantitative estimate of drug-likeness (QED) is 0.783. The maximum Gasteiger partial charge on any atom is 0.156 e. The summed E-state index contributed by atoms with van der Waals surface area (Å²) in [6, 6.07) is 0. The van der Waals surface area contributed by atoms with E-state index < -0.39 is 0 Å². The molecule has 15 heavy (non-hydrogen) atoms. The van der Waals surface area contributed by atoms with Crippen LogP contribution >= 0.6 is 11.6 Å². The number of H-pyrrole nitrogens is 1. The SMILES string of the molecule is OCCC=Cc1c[nH]c2c(Cl)ncnc12. The molecule has 0 aliphatic rings. The molecule has 2 aromatic heterocycles. The van der Waals surface area contributed by atoms with E-state index in [4.69, 9.17) is 16.7 Å². The molecule has 0 saturated carbocycles. The van der Waals surface area contributed by atoms with Gasteiger partial charge in [-0.2, -0.15) is 0 Å². The fourth-order valence-electron chi connectivity index (χ4n) is 1.34. The van der Waals surface area contributed by atoms with Crippen LogP contribution in [0.1, 0.15) is 12.0 Å². The van der Waals surface area contributed by atoms with Crippen molar-refractivity contribution in [1.82, 2.24) is 15.0 Å². The summed E-state index contributed by atoms with van der Waals surface area (Å²) in [6.07, 6.45) is 7.67. The Morgan fingerprint density at radius 3 is 3.13 bits per heavy atom. The molecule has 4 nitrogen and oxygen atoms in total. The van der Waals surface area contributed by atoms with Gasteiger partial charge in [-0.15, -0.1) is 0 Å². The van der Waals surface area contributed by atoms with Gasteiger partial charge in [-0.05, 0) is 6.42 Å². The van der Waals surface area contributed by atoms with Gasteiger partial charge in [0.15, 0.2) is 5.15 Å². The molecule has 0 atom stereocenters. The predicted octanol–water partition coefficient (Wildman–Crippen LogP) is 2.01. The lowest BCUT2D eigenvalue weighted by Gasteiger charge is -1.92. The minimum Gasteiger partial charge on any atom is -0.396 e. The zero-order valence-electron chi connectivity index (χ0n) is 7.94. The molecule has 2 N–H and O–H groups in total. The molecule has 0 aromatic carbocycles.